The monoisotopic (exact) mass is 354 g/mol. The van der Waals surface area contributed by atoms with Gasteiger partial charge in [-0.1, -0.05) is 0 Å². The van der Waals surface area contributed by atoms with E-state index in [0.717, 1.165) is 19.3 Å². The van der Waals surface area contributed by atoms with Crippen molar-refractivity contribution in [2.75, 3.05) is 26.3 Å². The number of carbonyl (C=O) groups excluding carboxylic acids is 1. The van der Waals surface area contributed by atoms with Gasteiger partial charge in [0.05, 0.1) is 10.9 Å². The van der Waals surface area contributed by atoms with Gasteiger partial charge in [0.15, 0.2) is 11.5 Å². The van der Waals surface area contributed by atoms with Crippen LogP contribution in [0.2, 0.25) is 0 Å². The first-order valence-corrected chi connectivity index (χ1v) is 9.66. The maximum atomic E-state index is 12.5. The Morgan fingerprint density at radius 3 is 2.50 bits per heavy atom. The Labute approximate surface area is 142 Å². The normalized spacial score (nSPS) is 19.0. The summed E-state index contributed by atoms with van der Waals surface area (Å²) in [6.07, 6.45) is 3.04. The van der Waals surface area contributed by atoms with Crippen molar-refractivity contribution in [3.8, 4) is 11.5 Å². The van der Waals surface area contributed by atoms with E-state index in [0.29, 0.717) is 37.8 Å². The first-order valence-electron chi connectivity index (χ1n) is 8.18. The van der Waals surface area contributed by atoms with Gasteiger partial charge in [0, 0.05) is 19.2 Å². The molecule has 0 aliphatic carbocycles. The zero-order chi connectivity index (χ0) is 17.2. The molecule has 0 spiro atoms. The first-order chi connectivity index (χ1) is 11.5. The van der Waals surface area contributed by atoms with E-state index >= 15 is 0 Å². The Morgan fingerprint density at radius 1 is 1.12 bits per heavy atom. The summed E-state index contributed by atoms with van der Waals surface area (Å²) in [7, 11) is -3.81. The lowest BCUT2D eigenvalue weighted by Gasteiger charge is -2.29. The van der Waals surface area contributed by atoms with E-state index in [4.69, 9.17) is 9.47 Å². The van der Waals surface area contributed by atoms with Crippen molar-refractivity contribution in [1.29, 1.82) is 0 Å². The Balaban J connectivity index is 1.72. The number of amides is 1. The van der Waals surface area contributed by atoms with Crippen LogP contribution in [-0.2, 0) is 14.8 Å². The summed E-state index contributed by atoms with van der Waals surface area (Å²) in [6.45, 7) is 3.78. The highest BCUT2D eigenvalue weighted by atomic mass is 32.2. The number of fused-ring (bicyclic) bond motifs is 1. The van der Waals surface area contributed by atoms with E-state index in [1.807, 2.05) is 0 Å². The molecule has 2 aliphatic heterocycles. The Hall–Kier alpha value is -1.80. The number of nitrogens with one attached hydrogen (secondary N) is 1. The molecule has 1 atom stereocenters. The second-order valence-corrected chi connectivity index (χ2v) is 7.75. The van der Waals surface area contributed by atoms with Crippen LogP contribution in [0.3, 0.4) is 0 Å². The molecule has 2 aliphatic rings. The molecule has 0 saturated carbocycles. The predicted molar refractivity (Wildman–Crippen MR) is 87.6 cm³/mol. The van der Waals surface area contributed by atoms with Crippen LogP contribution in [0.4, 0.5) is 0 Å². The molecule has 0 aromatic heterocycles. The van der Waals surface area contributed by atoms with Crippen LogP contribution >= 0.6 is 0 Å². The lowest BCUT2D eigenvalue weighted by molar-refractivity contribution is -0.133. The zero-order valence-electron chi connectivity index (χ0n) is 13.7. The second-order valence-electron chi connectivity index (χ2n) is 6.03. The van der Waals surface area contributed by atoms with Gasteiger partial charge in [-0.05, 0) is 38.3 Å². The molecule has 1 saturated heterocycles. The summed E-state index contributed by atoms with van der Waals surface area (Å²) in [6, 6.07) is 3.64. The van der Waals surface area contributed by atoms with Crippen LogP contribution < -0.4 is 14.2 Å². The number of carbonyl (C=O) groups is 1. The molecular weight excluding hydrogens is 332 g/mol. The van der Waals surface area contributed by atoms with Crippen LogP contribution in [0.5, 0.6) is 11.5 Å². The van der Waals surface area contributed by atoms with E-state index in [1.54, 1.807) is 17.9 Å². The number of nitrogens with zero attached hydrogens (tertiary/aromatic N) is 1. The molecule has 2 heterocycles. The molecule has 132 valence electrons. The quantitative estimate of drug-likeness (QED) is 0.876. The number of hydrogen-bond acceptors (Lipinski definition) is 5. The van der Waals surface area contributed by atoms with Crippen LogP contribution in [0.15, 0.2) is 23.1 Å². The summed E-state index contributed by atoms with van der Waals surface area (Å²) in [4.78, 5) is 14.2. The third-order valence-electron chi connectivity index (χ3n) is 4.19. The highest BCUT2D eigenvalue weighted by Gasteiger charge is 2.27. The number of piperidine rings is 1. The van der Waals surface area contributed by atoms with E-state index in [2.05, 4.69) is 4.72 Å². The number of sulfonamides is 1. The zero-order valence-corrected chi connectivity index (χ0v) is 14.5. The lowest BCUT2D eigenvalue weighted by Crippen LogP contribution is -2.48. The molecule has 0 bridgehead atoms. The molecule has 1 aromatic rings. The van der Waals surface area contributed by atoms with Crippen molar-refractivity contribution in [2.24, 2.45) is 0 Å². The van der Waals surface area contributed by atoms with Crippen molar-refractivity contribution in [2.45, 2.75) is 37.1 Å². The molecule has 7 nitrogen and oxygen atoms in total. The minimum Gasteiger partial charge on any atom is -0.486 e. The van der Waals surface area contributed by atoms with Gasteiger partial charge in [0.1, 0.15) is 13.2 Å². The summed E-state index contributed by atoms with van der Waals surface area (Å²) in [5.41, 5.74) is 0. The van der Waals surface area contributed by atoms with Crippen molar-refractivity contribution in [3.63, 3.8) is 0 Å². The smallest absolute Gasteiger partial charge is 0.241 e. The predicted octanol–water partition coefficient (Wildman–Crippen LogP) is 1.14. The Bertz CT molecular complexity index is 713. The summed E-state index contributed by atoms with van der Waals surface area (Å²) >= 11 is 0. The third-order valence-corrected chi connectivity index (χ3v) is 5.73. The van der Waals surface area contributed by atoms with Crippen molar-refractivity contribution in [1.82, 2.24) is 9.62 Å². The van der Waals surface area contributed by atoms with E-state index in [9.17, 15) is 13.2 Å². The fourth-order valence-electron chi connectivity index (χ4n) is 2.93. The molecular formula is C16H22N2O5S. The van der Waals surface area contributed by atoms with Gasteiger partial charge in [0.2, 0.25) is 15.9 Å². The van der Waals surface area contributed by atoms with Crippen LogP contribution in [0.25, 0.3) is 0 Å². The topological polar surface area (TPSA) is 84.9 Å². The fraction of sp³-hybridized carbons (Fsp3) is 0.562. The molecule has 8 heteroatoms. The van der Waals surface area contributed by atoms with Gasteiger partial charge in [-0.25, -0.2) is 8.42 Å². The highest BCUT2D eigenvalue weighted by molar-refractivity contribution is 7.89. The SMILES string of the molecule is C[C@@H](NS(=O)(=O)c1ccc2c(c1)OCCO2)C(=O)N1CCCCC1. The number of ether oxygens (including phenoxy) is 2. The highest BCUT2D eigenvalue weighted by Crippen LogP contribution is 2.32. The maximum absolute atomic E-state index is 12.5. The van der Waals surface area contributed by atoms with Crippen LogP contribution in [-0.4, -0.2) is 51.6 Å². The van der Waals surface area contributed by atoms with Gasteiger partial charge >= 0.3 is 0 Å². The number of benzene rings is 1. The van der Waals surface area contributed by atoms with Gasteiger partial charge in [0.25, 0.3) is 0 Å². The van der Waals surface area contributed by atoms with Gasteiger partial charge < -0.3 is 14.4 Å². The largest absolute Gasteiger partial charge is 0.486 e. The fourth-order valence-corrected chi connectivity index (χ4v) is 4.14. The lowest BCUT2D eigenvalue weighted by atomic mass is 10.1. The van der Waals surface area contributed by atoms with E-state index < -0.39 is 16.1 Å². The van der Waals surface area contributed by atoms with Crippen molar-refractivity contribution >= 4 is 15.9 Å². The average molecular weight is 354 g/mol. The summed E-state index contributed by atoms with van der Waals surface area (Å²) in [5.74, 6) is 0.743. The Kier molecular flexibility index (Phi) is 4.96. The average Bonchev–Trinajstić information content (AvgIpc) is 2.61. The van der Waals surface area contributed by atoms with Crippen LogP contribution in [0.1, 0.15) is 26.2 Å². The molecule has 1 fully saturated rings. The molecule has 1 aromatic carbocycles. The molecule has 3 rings (SSSR count). The van der Waals surface area contributed by atoms with Crippen LogP contribution in [0, 0.1) is 0 Å². The van der Waals surface area contributed by atoms with Gasteiger partial charge in [-0.15, -0.1) is 0 Å². The van der Waals surface area contributed by atoms with E-state index in [1.165, 1.54) is 12.1 Å². The summed E-state index contributed by atoms with van der Waals surface area (Å²) < 4.78 is 38.3. The van der Waals surface area contributed by atoms with Crippen molar-refractivity contribution < 1.29 is 22.7 Å². The Morgan fingerprint density at radius 2 is 1.79 bits per heavy atom. The summed E-state index contributed by atoms with van der Waals surface area (Å²) in [5, 5.41) is 0. The molecule has 0 radical (unpaired) electrons. The number of rotatable bonds is 4. The number of hydrogen-bond donors (Lipinski definition) is 1. The minimum absolute atomic E-state index is 0.0602. The third kappa shape index (κ3) is 3.64. The number of likely N-dealkylation sites (tertiary alicyclic amines) is 1. The standard InChI is InChI=1S/C16H22N2O5S/c1-12(16(19)18-7-3-2-4-8-18)17-24(20,21)13-5-6-14-15(11-13)23-10-9-22-14/h5-6,11-12,17H,2-4,7-10H2,1H3/t12-/m1/s1. The van der Waals surface area contributed by atoms with Crippen molar-refractivity contribution in [3.05, 3.63) is 18.2 Å². The van der Waals surface area contributed by atoms with E-state index in [-0.39, 0.29) is 10.8 Å². The molecule has 24 heavy (non-hydrogen) atoms. The molecule has 1 N–H and O–H groups in total. The second kappa shape index (κ2) is 6.98. The molecule has 0 unspecified atom stereocenters. The van der Waals surface area contributed by atoms with Gasteiger partial charge in [-0.3, -0.25) is 4.79 Å². The molecule has 1 amide bonds. The maximum Gasteiger partial charge on any atom is 0.241 e. The minimum atomic E-state index is -3.81. The first kappa shape index (κ1) is 17.0. The van der Waals surface area contributed by atoms with Gasteiger partial charge in [-0.2, -0.15) is 4.72 Å².